The lowest BCUT2D eigenvalue weighted by atomic mass is 10.1. The first-order valence-electron chi connectivity index (χ1n) is 7.48. The summed E-state index contributed by atoms with van der Waals surface area (Å²) in [5.41, 5.74) is 2.47. The van der Waals surface area contributed by atoms with Crippen LogP contribution in [0, 0.1) is 13.8 Å². The number of nitrogens with zero attached hydrogens (tertiary/aromatic N) is 3. The van der Waals surface area contributed by atoms with Crippen molar-refractivity contribution in [2.24, 2.45) is 0 Å². The van der Waals surface area contributed by atoms with Gasteiger partial charge in [-0.2, -0.15) is 0 Å². The van der Waals surface area contributed by atoms with Crippen LogP contribution in [0.3, 0.4) is 0 Å². The number of carbonyl (C=O) groups excluding carboxylic acids is 1. The Balaban J connectivity index is 1.67. The first-order chi connectivity index (χ1) is 11.6. The molecule has 0 fully saturated rings. The van der Waals surface area contributed by atoms with E-state index in [1.54, 1.807) is 19.1 Å². The van der Waals surface area contributed by atoms with E-state index in [4.69, 9.17) is 4.52 Å². The molecule has 2 heterocycles. The molecule has 7 heteroatoms. The lowest BCUT2D eigenvalue weighted by Crippen LogP contribution is -2.24. The second-order valence-electron chi connectivity index (χ2n) is 5.32. The van der Waals surface area contributed by atoms with Crippen LogP contribution in [0.25, 0.3) is 0 Å². The minimum Gasteiger partial charge on any atom is -0.360 e. The van der Waals surface area contributed by atoms with Gasteiger partial charge in [0, 0.05) is 18.8 Å². The van der Waals surface area contributed by atoms with Gasteiger partial charge in [-0.1, -0.05) is 29.4 Å². The number of aromatic nitrogens is 3. The molecule has 0 spiro atoms. The highest BCUT2D eigenvalue weighted by molar-refractivity contribution is 5.92. The monoisotopic (exact) mass is 323 g/mol. The third-order valence-corrected chi connectivity index (χ3v) is 3.46. The lowest BCUT2D eigenvalue weighted by molar-refractivity contribution is 0.0946. The summed E-state index contributed by atoms with van der Waals surface area (Å²) in [5, 5.41) is 9.56. The van der Waals surface area contributed by atoms with E-state index in [2.05, 4.69) is 25.8 Å². The molecule has 0 unspecified atom stereocenters. The quantitative estimate of drug-likeness (QED) is 0.750. The van der Waals surface area contributed by atoms with Gasteiger partial charge in [0.2, 0.25) is 5.95 Å². The van der Waals surface area contributed by atoms with Crippen LogP contribution < -0.4 is 10.6 Å². The molecule has 122 valence electrons. The Bertz CT molecular complexity index is 859. The Morgan fingerprint density at radius 3 is 2.79 bits per heavy atom. The highest BCUT2D eigenvalue weighted by atomic mass is 16.5. The Morgan fingerprint density at radius 2 is 2.04 bits per heavy atom. The van der Waals surface area contributed by atoms with Gasteiger partial charge in [-0.3, -0.25) is 4.79 Å². The molecular formula is C17H17N5O2. The van der Waals surface area contributed by atoms with Crippen LogP contribution in [0.4, 0.5) is 11.8 Å². The van der Waals surface area contributed by atoms with E-state index < -0.39 is 0 Å². The van der Waals surface area contributed by atoms with Gasteiger partial charge >= 0.3 is 0 Å². The third-order valence-electron chi connectivity index (χ3n) is 3.46. The van der Waals surface area contributed by atoms with Gasteiger partial charge in [0.05, 0.1) is 0 Å². The molecule has 0 aliphatic carbocycles. The maximum absolute atomic E-state index is 12.3. The molecule has 1 aromatic carbocycles. The fourth-order valence-corrected chi connectivity index (χ4v) is 2.16. The van der Waals surface area contributed by atoms with Gasteiger partial charge in [-0.25, -0.2) is 9.97 Å². The minimum absolute atomic E-state index is 0.264. The predicted octanol–water partition coefficient (Wildman–Crippen LogP) is 2.76. The van der Waals surface area contributed by atoms with Crippen molar-refractivity contribution in [3.8, 4) is 0 Å². The molecule has 3 rings (SSSR count). The minimum atomic E-state index is -0.264. The van der Waals surface area contributed by atoms with Crippen molar-refractivity contribution in [3.05, 3.63) is 65.2 Å². The first kappa shape index (κ1) is 15.7. The van der Waals surface area contributed by atoms with Crippen molar-refractivity contribution >= 4 is 17.7 Å². The number of rotatable bonds is 5. The molecule has 2 N–H and O–H groups in total. The summed E-state index contributed by atoms with van der Waals surface area (Å²) < 4.78 is 4.97. The van der Waals surface area contributed by atoms with Crippen LogP contribution in [0.5, 0.6) is 0 Å². The van der Waals surface area contributed by atoms with E-state index in [0.29, 0.717) is 18.1 Å². The average molecular weight is 323 g/mol. The Labute approximate surface area is 139 Å². The lowest BCUT2D eigenvalue weighted by Gasteiger charge is -2.08. The maximum atomic E-state index is 12.3. The summed E-state index contributed by atoms with van der Waals surface area (Å²) in [5.74, 6) is 1.18. The highest BCUT2D eigenvalue weighted by Gasteiger charge is 2.10. The number of aryl methyl sites for hydroxylation is 2. The zero-order valence-electron chi connectivity index (χ0n) is 13.4. The number of benzene rings is 1. The maximum Gasteiger partial charge on any atom is 0.270 e. The summed E-state index contributed by atoms with van der Waals surface area (Å²) in [6.45, 7) is 4.24. The number of hydrogen-bond acceptors (Lipinski definition) is 6. The first-order valence-corrected chi connectivity index (χ1v) is 7.48. The number of hydrogen-bond donors (Lipinski definition) is 2. The number of carbonyl (C=O) groups is 1. The van der Waals surface area contributed by atoms with Crippen molar-refractivity contribution < 1.29 is 9.32 Å². The summed E-state index contributed by atoms with van der Waals surface area (Å²) in [4.78, 5) is 20.5. The average Bonchev–Trinajstić information content (AvgIpc) is 2.99. The van der Waals surface area contributed by atoms with Crippen LogP contribution >= 0.6 is 0 Å². The van der Waals surface area contributed by atoms with E-state index in [1.165, 1.54) is 6.20 Å². The van der Waals surface area contributed by atoms with Crippen LogP contribution in [-0.4, -0.2) is 21.0 Å². The molecule has 0 radical (unpaired) electrons. The number of anilines is 2. The number of amides is 1. The smallest absolute Gasteiger partial charge is 0.270 e. The Hall–Kier alpha value is -3.22. The third kappa shape index (κ3) is 3.75. The molecule has 2 aromatic heterocycles. The van der Waals surface area contributed by atoms with Crippen molar-refractivity contribution in [1.29, 1.82) is 0 Å². The Kier molecular flexibility index (Phi) is 4.51. The zero-order chi connectivity index (χ0) is 16.9. The van der Waals surface area contributed by atoms with Crippen LogP contribution in [-0.2, 0) is 6.54 Å². The van der Waals surface area contributed by atoms with Crippen LogP contribution in [0.2, 0.25) is 0 Å². The fraction of sp³-hybridized carbons (Fsp3) is 0.176. The molecular weight excluding hydrogens is 306 g/mol. The molecule has 3 aromatic rings. The zero-order valence-corrected chi connectivity index (χ0v) is 13.4. The van der Waals surface area contributed by atoms with E-state index in [9.17, 15) is 4.79 Å². The summed E-state index contributed by atoms with van der Waals surface area (Å²) in [6, 6.07) is 11.2. The topological polar surface area (TPSA) is 92.9 Å². The predicted molar refractivity (Wildman–Crippen MR) is 88.9 cm³/mol. The van der Waals surface area contributed by atoms with E-state index in [1.807, 2.05) is 31.2 Å². The van der Waals surface area contributed by atoms with Gasteiger partial charge in [0.1, 0.15) is 11.5 Å². The van der Waals surface area contributed by atoms with E-state index >= 15 is 0 Å². The van der Waals surface area contributed by atoms with E-state index in [-0.39, 0.29) is 17.5 Å². The largest absolute Gasteiger partial charge is 0.360 e. The standard InChI is InChI=1S/C17H17N5O2/c1-11-5-3-4-6-13(11)10-19-16(23)14-7-8-18-17(20-14)21-15-9-12(2)24-22-15/h3-9H,10H2,1-2H3,(H,19,23)(H,18,20,21,22). The van der Waals surface area contributed by atoms with Gasteiger partial charge in [0.25, 0.3) is 5.91 Å². The Morgan fingerprint density at radius 1 is 1.21 bits per heavy atom. The molecule has 0 bridgehead atoms. The molecule has 24 heavy (non-hydrogen) atoms. The fourth-order valence-electron chi connectivity index (χ4n) is 2.16. The highest BCUT2D eigenvalue weighted by Crippen LogP contribution is 2.12. The van der Waals surface area contributed by atoms with Gasteiger partial charge < -0.3 is 15.2 Å². The molecule has 0 aliphatic heterocycles. The van der Waals surface area contributed by atoms with E-state index in [0.717, 1.165) is 11.1 Å². The molecule has 0 atom stereocenters. The molecule has 0 saturated heterocycles. The summed E-state index contributed by atoms with van der Waals surface area (Å²) in [7, 11) is 0. The molecule has 0 saturated carbocycles. The summed E-state index contributed by atoms with van der Waals surface area (Å²) in [6.07, 6.45) is 1.52. The van der Waals surface area contributed by atoms with Crippen LogP contribution in [0.15, 0.2) is 47.1 Å². The second kappa shape index (κ2) is 6.91. The normalized spacial score (nSPS) is 10.4. The van der Waals surface area contributed by atoms with Crippen molar-refractivity contribution in [2.45, 2.75) is 20.4 Å². The van der Waals surface area contributed by atoms with Gasteiger partial charge in [-0.15, -0.1) is 0 Å². The SMILES string of the molecule is Cc1cc(Nc2nccc(C(=O)NCc3ccccc3C)n2)no1. The molecule has 7 nitrogen and oxygen atoms in total. The van der Waals surface area contributed by atoms with Crippen molar-refractivity contribution in [2.75, 3.05) is 5.32 Å². The van der Waals surface area contributed by atoms with Crippen molar-refractivity contribution in [1.82, 2.24) is 20.4 Å². The number of nitrogens with one attached hydrogen (secondary N) is 2. The second-order valence-corrected chi connectivity index (χ2v) is 5.32. The van der Waals surface area contributed by atoms with Gasteiger partial charge in [0.15, 0.2) is 5.82 Å². The van der Waals surface area contributed by atoms with Crippen LogP contribution in [0.1, 0.15) is 27.4 Å². The summed E-state index contributed by atoms with van der Waals surface area (Å²) >= 11 is 0. The molecule has 1 amide bonds. The molecule has 0 aliphatic rings. The van der Waals surface area contributed by atoms with Crippen molar-refractivity contribution in [3.63, 3.8) is 0 Å². The van der Waals surface area contributed by atoms with Gasteiger partial charge in [-0.05, 0) is 31.0 Å².